The summed E-state index contributed by atoms with van der Waals surface area (Å²) < 4.78 is 0. The number of aromatic nitrogens is 2. The van der Waals surface area contributed by atoms with Gasteiger partial charge < -0.3 is 10.0 Å². The zero-order chi connectivity index (χ0) is 12.8. The number of amides is 1. The van der Waals surface area contributed by atoms with Gasteiger partial charge in [0.2, 0.25) is 0 Å². The number of carboxylic acid groups (broad SMARTS) is 1. The summed E-state index contributed by atoms with van der Waals surface area (Å²) in [5.74, 6) is -1.23. The number of nitrogens with zero attached hydrogens (tertiary/aromatic N) is 3. The van der Waals surface area contributed by atoms with Crippen LogP contribution in [-0.2, 0) is 4.79 Å². The topological polar surface area (TPSA) is 83.4 Å². The van der Waals surface area contributed by atoms with Crippen LogP contribution in [0.25, 0.3) is 0 Å². The summed E-state index contributed by atoms with van der Waals surface area (Å²) in [7, 11) is 0. The molecule has 0 radical (unpaired) electrons. The van der Waals surface area contributed by atoms with Crippen molar-refractivity contribution in [3.05, 3.63) is 24.3 Å². The molecule has 1 aromatic rings. The zero-order valence-electron chi connectivity index (χ0n) is 9.83. The average molecular weight is 237 g/mol. The Morgan fingerprint density at radius 3 is 2.59 bits per heavy atom. The van der Waals surface area contributed by atoms with E-state index in [1.807, 2.05) is 13.8 Å². The van der Waals surface area contributed by atoms with E-state index in [-0.39, 0.29) is 30.6 Å². The first-order valence-corrected chi connectivity index (χ1v) is 5.31. The summed E-state index contributed by atoms with van der Waals surface area (Å²) >= 11 is 0. The molecule has 1 aromatic heterocycles. The number of carbonyl (C=O) groups is 2. The summed E-state index contributed by atoms with van der Waals surface area (Å²) in [4.78, 5) is 31.7. The van der Waals surface area contributed by atoms with Gasteiger partial charge in [0.1, 0.15) is 5.69 Å². The number of aliphatic carboxylic acids is 1. The second-order valence-corrected chi connectivity index (χ2v) is 3.83. The Labute approximate surface area is 99.3 Å². The second-order valence-electron chi connectivity index (χ2n) is 3.83. The van der Waals surface area contributed by atoms with Crippen molar-refractivity contribution in [3.8, 4) is 0 Å². The molecule has 92 valence electrons. The molecule has 0 saturated heterocycles. The molecule has 0 aliphatic heterocycles. The monoisotopic (exact) mass is 237 g/mol. The van der Waals surface area contributed by atoms with Gasteiger partial charge in [-0.05, 0) is 13.8 Å². The molecule has 0 atom stereocenters. The highest BCUT2D eigenvalue weighted by atomic mass is 16.4. The molecule has 0 aromatic carbocycles. The van der Waals surface area contributed by atoms with E-state index in [0.29, 0.717) is 0 Å². The van der Waals surface area contributed by atoms with Crippen molar-refractivity contribution in [2.75, 3.05) is 6.54 Å². The summed E-state index contributed by atoms with van der Waals surface area (Å²) in [6.07, 6.45) is 4.21. The summed E-state index contributed by atoms with van der Waals surface area (Å²) in [5.41, 5.74) is 0.228. The van der Waals surface area contributed by atoms with Crippen molar-refractivity contribution in [1.82, 2.24) is 14.9 Å². The van der Waals surface area contributed by atoms with Crippen molar-refractivity contribution in [2.24, 2.45) is 0 Å². The van der Waals surface area contributed by atoms with Gasteiger partial charge in [-0.25, -0.2) is 4.98 Å². The average Bonchev–Trinajstić information content (AvgIpc) is 2.29. The Morgan fingerprint density at radius 2 is 2.12 bits per heavy atom. The molecule has 0 spiro atoms. The minimum atomic E-state index is -0.928. The molecular formula is C11H15N3O3. The van der Waals surface area contributed by atoms with Crippen LogP contribution in [0.1, 0.15) is 30.8 Å². The van der Waals surface area contributed by atoms with E-state index in [2.05, 4.69) is 9.97 Å². The maximum Gasteiger partial charge on any atom is 0.305 e. The van der Waals surface area contributed by atoms with E-state index in [1.165, 1.54) is 23.5 Å². The van der Waals surface area contributed by atoms with E-state index in [0.717, 1.165) is 0 Å². The molecule has 6 heteroatoms. The van der Waals surface area contributed by atoms with Crippen molar-refractivity contribution in [2.45, 2.75) is 26.3 Å². The van der Waals surface area contributed by atoms with Gasteiger partial charge >= 0.3 is 5.97 Å². The first-order valence-electron chi connectivity index (χ1n) is 5.31. The summed E-state index contributed by atoms with van der Waals surface area (Å²) in [5, 5.41) is 8.63. The van der Waals surface area contributed by atoms with E-state index < -0.39 is 5.97 Å². The first kappa shape index (κ1) is 13.1. The molecule has 0 aliphatic carbocycles. The molecule has 1 rings (SSSR count). The largest absolute Gasteiger partial charge is 0.481 e. The highest BCUT2D eigenvalue weighted by Gasteiger charge is 2.20. The smallest absolute Gasteiger partial charge is 0.305 e. The highest BCUT2D eigenvalue weighted by molar-refractivity contribution is 5.92. The number of hydrogen-bond acceptors (Lipinski definition) is 4. The Morgan fingerprint density at radius 1 is 1.41 bits per heavy atom. The standard InChI is InChI=1S/C11H15N3O3/c1-8(2)14(6-3-10(15)16)11(17)9-7-12-4-5-13-9/h4-5,7-8H,3,6H2,1-2H3,(H,15,16). The van der Waals surface area contributed by atoms with Crippen molar-refractivity contribution in [3.63, 3.8) is 0 Å². The van der Waals surface area contributed by atoms with Gasteiger partial charge in [0, 0.05) is 25.0 Å². The Balaban J connectivity index is 2.77. The molecule has 6 nitrogen and oxygen atoms in total. The van der Waals surface area contributed by atoms with Gasteiger partial charge in [0.25, 0.3) is 5.91 Å². The van der Waals surface area contributed by atoms with Crippen LogP contribution in [0.15, 0.2) is 18.6 Å². The van der Waals surface area contributed by atoms with Crippen LogP contribution in [0.4, 0.5) is 0 Å². The van der Waals surface area contributed by atoms with Crippen LogP contribution in [-0.4, -0.2) is 44.4 Å². The zero-order valence-corrected chi connectivity index (χ0v) is 9.83. The van der Waals surface area contributed by atoms with E-state index in [9.17, 15) is 9.59 Å². The molecule has 17 heavy (non-hydrogen) atoms. The number of rotatable bonds is 5. The molecule has 1 N–H and O–H groups in total. The molecule has 0 bridgehead atoms. The van der Waals surface area contributed by atoms with Crippen molar-refractivity contribution >= 4 is 11.9 Å². The minimum absolute atomic E-state index is 0.0792. The maximum atomic E-state index is 12.0. The van der Waals surface area contributed by atoms with Gasteiger partial charge in [-0.3, -0.25) is 14.6 Å². The molecule has 0 aliphatic rings. The first-order chi connectivity index (χ1) is 8.02. The molecule has 0 unspecified atom stereocenters. The highest BCUT2D eigenvalue weighted by Crippen LogP contribution is 2.06. The third-order valence-corrected chi connectivity index (χ3v) is 2.23. The Kier molecular flexibility index (Phi) is 4.56. The lowest BCUT2D eigenvalue weighted by molar-refractivity contribution is -0.137. The maximum absolute atomic E-state index is 12.0. The number of hydrogen-bond donors (Lipinski definition) is 1. The predicted molar refractivity (Wildman–Crippen MR) is 60.5 cm³/mol. The lowest BCUT2D eigenvalue weighted by atomic mass is 10.2. The Hall–Kier alpha value is -1.98. The lowest BCUT2D eigenvalue weighted by Gasteiger charge is -2.25. The third kappa shape index (κ3) is 3.82. The van der Waals surface area contributed by atoms with Crippen LogP contribution in [0.2, 0.25) is 0 Å². The van der Waals surface area contributed by atoms with Gasteiger partial charge in [-0.2, -0.15) is 0 Å². The normalized spacial score (nSPS) is 10.3. The second kappa shape index (κ2) is 5.93. The van der Waals surface area contributed by atoms with Gasteiger partial charge in [-0.15, -0.1) is 0 Å². The predicted octanol–water partition coefficient (Wildman–Crippen LogP) is 0.802. The molecule has 0 saturated carbocycles. The van der Waals surface area contributed by atoms with E-state index in [1.54, 1.807) is 0 Å². The van der Waals surface area contributed by atoms with Crippen LogP contribution in [0.5, 0.6) is 0 Å². The van der Waals surface area contributed by atoms with Crippen LogP contribution in [0.3, 0.4) is 0 Å². The van der Waals surface area contributed by atoms with Crippen molar-refractivity contribution < 1.29 is 14.7 Å². The van der Waals surface area contributed by atoms with Crippen LogP contribution >= 0.6 is 0 Å². The number of carboxylic acids is 1. The fraction of sp³-hybridized carbons (Fsp3) is 0.455. The fourth-order valence-corrected chi connectivity index (χ4v) is 1.37. The lowest BCUT2D eigenvalue weighted by Crippen LogP contribution is -2.38. The van der Waals surface area contributed by atoms with Gasteiger partial charge in [0.05, 0.1) is 12.6 Å². The fourth-order valence-electron chi connectivity index (χ4n) is 1.37. The SMILES string of the molecule is CC(C)N(CCC(=O)O)C(=O)c1cnccn1. The Bertz CT molecular complexity index is 392. The molecule has 0 fully saturated rings. The number of carbonyl (C=O) groups excluding carboxylic acids is 1. The molecule has 1 heterocycles. The molecular weight excluding hydrogens is 222 g/mol. The molecule has 1 amide bonds. The van der Waals surface area contributed by atoms with Crippen LogP contribution < -0.4 is 0 Å². The van der Waals surface area contributed by atoms with Crippen LogP contribution in [0, 0.1) is 0 Å². The quantitative estimate of drug-likeness (QED) is 0.819. The third-order valence-electron chi connectivity index (χ3n) is 2.23. The van der Waals surface area contributed by atoms with Gasteiger partial charge in [-0.1, -0.05) is 0 Å². The van der Waals surface area contributed by atoms with E-state index >= 15 is 0 Å². The van der Waals surface area contributed by atoms with E-state index in [4.69, 9.17) is 5.11 Å². The summed E-state index contributed by atoms with van der Waals surface area (Å²) in [6.45, 7) is 3.83. The van der Waals surface area contributed by atoms with Gasteiger partial charge in [0.15, 0.2) is 0 Å². The van der Waals surface area contributed by atoms with Crippen molar-refractivity contribution in [1.29, 1.82) is 0 Å². The minimum Gasteiger partial charge on any atom is -0.481 e. The summed E-state index contributed by atoms with van der Waals surface area (Å²) in [6, 6.07) is -0.0798.